The highest BCUT2D eigenvalue weighted by atomic mass is 15.0. The second-order valence-corrected chi connectivity index (χ2v) is 5.66. The zero-order chi connectivity index (χ0) is 14.8. The minimum atomic E-state index is 0.230. The Hall–Kier alpha value is -1.38. The average molecular weight is 275 g/mol. The summed E-state index contributed by atoms with van der Waals surface area (Å²) in [5.41, 5.74) is 1.59. The molecule has 2 N–H and O–H groups in total. The van der Waals surface area contributed by atoms with Crippen molar-refractivity contribution in [3.05, 3.63) is 23.9 Å². The number of rotatable bonds is 10. The monoisotopic (exact) mass is 275 g/mol. The third kappa shape index (κ3) is 5.72. The topological polar surface area (TPSA) is 48.8 Å². The number of hydrogen-bond acceptors (Lipinski definition) is 3. The van der Waals surface area contributed by atoms with E-state index in [1.165, 1.54) is 38.5 Å². The zero-order valence-corrected chi connectivity index (χ0v) is 13.2. The van der Waals surface area contributed by atoms with Gasteiger partial charge in [0.15, 0.2) is 0 Å². The Bertz CT molecular complexity index is 399. The van der Waals surface area contributed by atoms with Gasteiger partial charge < -0.3 is 10.7 Å². The molecule has 0 spiro atoms. The fourth-order valence-electron chi connectivity index (χ4n) is 2.19. The quantitative estimate of drug-likeness (QED) is 0.472. The van der Waals surface area contributed by atoms with Crippen molar-refractivity contribution in [2.45, 2.75) is 59.3 Å². The predicted molar refractivity (Wildman–Crippen MR) is 87.8 cm³/mol. The Morgan fingerprint density at radius 3 is 2.60 bits per heavy atom. The second-order valence-electron chi connectivity index (χ2n) is 5.66. The van der Waals surface area contributed by atoms with Crippen molar-refractivity contribution in [2.75, 3.05) is 11.9 Å². The van der Waals surface area contributed by atoms with Crippen LogP contribution in [0.2, 0.25) is 0 Å². The van der Waals surface area contributed by atoms with Gasteiger partial charge in [0, 0.05) is 24.0 Å². The molecule has 0 aliphatic carbocycles. The third-order valence-corrected chi connectivity index (χ3v) is 3.50. The summed E-state index contributed by atoms with van der Waals surface area (Å²) in [4.78, 5) is 4.38. The van der Waals surface area contributed by atoms with Crippen LogP contribution >= 0.6 is 0 Å². The van der Waals surface area contributed by atoms with Gasteiger partial charge in [-0.3, -0.25) is 0 Å². The zero-order valence-electron chi connectivity index (χ0n) is 13.2. The SMILES string of the molecule is CCCCCCCCNc1ncccc1C(=N)C(C)C. The van der Waals surface area contributed by atoms with Crippen molar-refractivity contribution in [1.82, 2.24) is 4.98 Å². The number of anilines is 1. The highest BCUT2D eigenvalue weighted by Gasteiger charge is 2.11. The van der Waals surface area contributed by atoms with Crippen LogP contribution in [0.1, 0.15) is 64.9 Å². The summed E-state index contributed by atoms with van der Waals surface area (Å²) in [5.74, 6) is 1.09. The molecule has 0 saturated carbocycles. The summed E-state index contributed by atoms with van der Waals surface area (Å²) in [7, 11) is 0. The van der Waals surface area contributed by atoms with Crippen LogP contribution < -0.4 is 5.32 Å². The van der Waals surface area contributed by atoms with Gasteiger partial charge in [0.2, 0.25) is 0 Å². The summed E-state index contributed by atoms with van der Waals surface area (Å²) < 4.78 is 0. The van der Waals surface area contributed by atoms with Crippen LogP contribution in [0.5, 0.6) is 0 Å². The molecule has 0 unspecified atom stereocenters. The lowest BCUT2D eigenvalue weighted by Crippen LogP contribution is -2.13. The molecule has 20 heavy (non-hydrogen) atoms. The molecule has 0 atom stereocenters. The van der Waals surface area contributed by atoms with Gasteiger partial charge in [-0.2, -0.15) is 0 Å². The highest BCUT2D eigenvalue weighted by molar-refractivity contribution is 6.03. The Labute approximate surface area is 123 Å². The molecule has 1 heterocycles. The molecule has 1 aromatic rings. The molecular weight excluding hydrogens is 246 g/mol. The van der Waals surface area contributed by atoms with Crippen molar-refractivity contribution in [2.24, 2.45) is 5.92 Å². The lowest BCUT2D eigenvalue weighted by molar-refractivity contribution is 0.617. The van der Waals surface area contributed by atoms with Crippen molar-refractivity contribution in [3.8, 4) is 0 Å². The van der Waals surface area contributed by atoms with Crippen molar-refractivity contribution >= 4 is 11.5 Å². The first kappa shape index (κ1) is 16.7. The van der Waals surface area contributed by atoms with Gasteiger partial charge in [0.25, 0.3) is 0 Å². The maximum absolute atomic E-state index is 8.14. The lowest BCUT2D eigenvalue weighted by Gasteiger charge is -2.13. The van der Waals surface area contributed by atoms with Gasteiger partial charge in [-0.1, -0.05) is 52.9 Å². The summed E-state index contributed by atoms with van der Waals surface area (Å²) >= 11 is 0. The van der Waals surface area contributed by atoms with E-state index in [0.717, 1.165) is 17.9 Å². The molecule has 1 aromatic heterocycles. The number of unbranched alkanes of at least 4 members (excludes halogenated alkanes) is 5. The van der Waals surface area contributed by atoms with Crippen molar-refractivity contribution in [3.63, 3.8) is 0 Å². The van der Waals surface area contributed by atoms with Crippen LogP contribution in [0.3, 0.4) is 0 Å². The van der Waals surface area contributed by atoms with E-state index in [9.17, 15) is 0 Å². The van der Waals surface area contributed by atoms with Gasteiger partial charge in [0.05, 0.1) is 0 Å². The number of nitrogens with one attached hydrogen (secondary N) is 2. The van der Waals surface area contributed by atoms with Crippen LogP contribution in [0.25, 0.3) is 0 Å². The van der Waals surface area contributed by atoms with Gasteiger partial charge >= 0.3 is 0 Å². The molecular formula is C17H29N3. The Morgan fingerprint density at radius 2 is 1.90 bits per heavy atom. The van der Waals surface area contributed by atoms with Gasteiger partial charge in [-0.25, -0.2) is 4.98 Å². The number of nitrogens with zero attached hydrogens (tertiary/aromatic N) is 1. The molecule has 1 rings (SSSR count). The molecule has 0 saturated heterocycles. The molecule has 3 nitrogen and oxygen atoms in total. The van der Waals surface area contributed by atoms with E-state index < -0.39 is 0 Å². The molecule has 0 aliphatic rings. The first-order valence-corrected chi connectivity index (χ1v) is 7.94. The van der Waals surface area contributed by atoms with Crippen LogP contribution in [-0.4, -0.2) is 17.2 Å². The Balaban J connectivity index is 2.38. The van der Waals surface area contributed by atoms with Crippen LogP contribution in [0.15, 0.2) is 18.3 Å². The lowest BCUT2D eigenvalue weighted by atomic mass is 10.0. The minimum absolute atomic E-state index is 0.230. The molecule has 0 amide bonds. The summed E-state index contributed by atoms with van der Waals surface area (Å²) in [6, 6.07) is 3.89. The minimum Gasteiger partial charge on any atom is -0.370 e. The first-order valence-electron chi connectivity index (χ1n) is 7.94. The fraction of sp³-hybridized carbons (Fsp3) is 0.647. The van der Waals surface area contributed by atoms with Crippen LogP contribution in [-0.2, 0) is 0 Å². The largest absolute Gasteiger partial charge is 0.370 e. The highest BCUT2D eigenvalue weighted by Crippen LogP contribution is 2.16. The van der Waals surface area contributed by atoms with E-state index in [4.69, 9.17) is 5.41 Å². The van der Waals surface area contributed by atoms with E-state index in [2.05, 4.69) is 17.2 Å². The Morgan fingerprint density at radius 1 is 1.20 bits per heavy atom. The molecule has 0 bridgehead atoms. The second kappa shape index (κ2) is 9.51. The van der Waals surface area contributed by atoms with Gasteiger partial charge in [-0.15, -0.1) is 0 Å². The van der Waals surface area contributed by atoms with Gasteiger partial charge in [-0.05, 0) is 24.5 Å². The molecule has 112 valence electrons. The molecule has 0 aliphatic heterocycles. The van der Waals surface area contributed by atoms with Crippen molar-refractivity contribution < 1.29 is 0 Å². The number of hydrogen-bond donors (Lipinski definition) is 2. The summed E-state index contributed by atoms with van der Waals surface area (Å²) in [6.07, 6.45) is 9.57. The Kier molecular flexibility index (Phi) is 7.93. The maximum atomic E-state index is 8.14. The normalized spacial score (nSPS) is 10.8. The summed E-state index contributed by atoms with van der Waals surface area (Å²) in [5, 5.41) is 11.5. The van der Waals surface area contributed by atoms with E-state index in [-0.39, 0.29) is 5.92 Å². The number of aromatic nitrogens is 1. The molecule has 0 fully saturated rings. The predicted octanol–water partition coefficient (Wildman–Crippen LogP) is 4.88. The smallest absolute Gasteiger partial charge is 0.135 e. The first-order chi connectivity index (χ1) is 9.66. The molecule has 0 radical (unpaired) electrons. The fourth-order valence-corrected chi connectivity index (χ4v) is 2.19. The van der Waals surface area contributed by atoms with Crippen LogP contribution in [0, 0.1) is 11.3 Å². The standard InChI is InChI=1S/C17H29N3/c1-4-5-6-7-8-9-12-19-17-15(11-10-13-20-17)16(18)14(2)3/h10-11,13-14,18H,4-9,12H2,1-3H3,(H,19,20). The van der Waals surface area contributed by atoms with E-state index in [0.29, 0.717) is 5.71 Å². The third-order valence-electron chi connectivity index (χ3n) is 3.50. The maximum Gasteiger partial charge on any atom is 0.135 e. The van der Waals surface area contributed by atoms with Gasteiger partial charge in [0.1, 0.15) is 5.82 Å². The molecule has 0 aromatic carbocycles. The average Bonchev–Trinajstić information content (AvgIpc) is 2.46. The molecule has 3 heteroatoms. The number of pyridine rings is 1. The van der Waals surface area contributed by atoms with E-state index in [1.807, 2.05) is 26.0 Å². The van der Waals surface area contributed by atoms with E-state index in [1.54, 1.807) is 6.20 Å². The van der Waals surface area contributed by atoms with E-state index >= 15 is 0 Å². The van der Waals surface area contributed by atoms with Crippen molar-refractivity contribution in [1.29, 1.82) is 5.41 Å². The van der Waals surface area contributed by atoms with Crippen LogP contribution in [0.4, 0.5) is 5.82 Å². The summed E-state index contributed by atoms with van der Waals surface area (Å²) in [6.45, 7) is 7.29.